The van der Waals surface area contributed by atoms with Crippen LogP contribution in [0.1, 0.15) is 11.8 Å². The zero-order valence-electron chi connectivity index (χ0n) is 9.70. The highest BCUT2D eigenvalue weighted by atomic mass is 79.9. The molecule has 4 nitrogen and oxygen atoms in total. The molecule has 0 amide bonds. The van der Waals surface area contributed by atoms with Crippen LogP contribution in [0.25, 0.3) is 0 Å². The summed E-state index contributed by atoms with van der Waals surface area (Å²) in [5, 5.41) is 8.82. The standard InChI is InChI=1S/C11H12BrClN4S/c1-2-14-11-16-5-8(13)10(17-11)15-6-9-7(12)3-4-18-9/h3-5H,2,6H2,1H3,(H2,14,15,16,17). The molecule has 2 aromatic heterocycles. The molecule has 2 heterocycles. The van der Waals surface area contributed by atoms with Gasteiger partial charge in [0, 0.05) is 15.9 Å². The highest BCUT2D eigenvalue weighted by Crippen LogP contribution is 2.25. The van der Waals surface area contributed by atoms with Gasteiger partial charge in [-0.15, -0.1) is 11.3 Å². The highest BCUT2D eigenvalue weighted by Gasteiger charge is 2.06. The van der Waals surface area contributed by atoms with Crippen LogP contribution in [0, 0.1) is 0 Å². The van der Waals surface area contributed by atoms with E-state index in [1.165, 1.54) is 4.88 Å². The van der Waals surface area contributed by atoms with Crippen LogP contribution in [-0.4, -0.2) is 16.5 Å². The van der Waals surface area contributed by atoms with Crippen LogP contribution in [0.15, 0.2) is 22.1 Å². The van der Waals surface area contributed by atoms with Crippen molar-refractivity contribution < 1.29 is 0 Å². The summed E-state index contributed by atoms with van der Waals surface area (Å²) in [4.78, 5) is 9.61. The first-order chi connectivity index (χ1) is 8.70. The van der Waals surface area contributed by atoms with Gasteiger partial charge in [-0.05, 0) is 34.3 Å². The van der Waals surface area contributed by atoms with Crippen LogP contribution in [0.4, 0.5) is 11.8 Å². The van der Waals surface area contributed by atoms with Crippen molar-refractivity contribution in [2.75, 3.05) is 17.2 Å². The lowest BCUT2D eigenvalue weighted by Crippen LogP contribution is -2.06. The molecule has 0 unspecified atom stereocenters. The van der Waals surface area contributed by atoms with Crippen molar-refractivity contribution in [1.82, 2.24) is 9.97 Å². The van der Waals surface area contributed by atoms with Gasteiger partial charge >= 0.3 is 0 Å². The summed E-state index contributed by atoms with van der Waals surface area (Å²) < 4.78 is 1.09. The number of nitrogens with one attached hydrogen (secondary N) is 2. The molecule has 7 heteroatoms. The quantitative estimate of drug-likeness (QED) is 0.858. The fourth-order valence-corrected chi connectivity index (χ4v) is 2.94. The first-order valence-corrected chi connectivity index (χ1v) is 7.48. The molecular weight excluding hydrogens is 336 g/mol. The topological polar surface area (TPSA) is 49.8 Å². The Morgan fingerprint density at radius 2 is 2.28 bits per heavy atom. The van der Waals surface area contributed by atoms with Crippen molar-refractivity contribution in [3.8, 4) is 0 Å². The fourth-order valence-electron chi connectivity index (χ4n) is 1.35. The van der Waals surface area contributed by atoms with Crippen LogP contribution < -0.4 is 10.6 Å². The number of hydrogen-bond donors (Lipinski definition) is 2. The molecule has 2 rings (SSSR count). The molecule has 96 valence electrons. The Labute approximate surface area is 123 Å². The van der Waals surface area contributed by atoms with Gasteiger partial charge in [-0.3, -0.25) is 0 Å². The van der Waals surface area contributed by atoms with Gasteiger partial charge in [-0.25, -0.2) is 4.98 Å². The van der Waals surface area contributed by atoms with Gasteiger partial charge in [0.25, 0.3) is 0 Å². The summed E-state index contributed by atoms with van der Waals surface area (Å²) in [6.07, 6.45) is 1.60. The second kappa shape index (κ2) is 6.36. The minimum atomic E-state index is 0.518. The average Bonchev–Trinajstić information content (AvgIpc) is 2.76. The van der Waals surface area contributed by atoms with Crippen molar-refractivity contribution in [2.24, 2.45) is 0 Å². The van der Waals surface area contributed by atoms with Crippen LogP contribution in [-0.2, 0) is 6.54 Å². The van der Waals surface area contributed by atoms with E-state index in [2.05, 4.69) is 36.5 Å². The van der Waals surface area contributed by atoms with Crippen LogP contribution in [0.2, 0.25) is 5.02 Å². The lowest BCUT2D eigenvalue weighted by Gasteiger charge is -2.08. The number of thiophene rings is 1. The molecule has 0 spiro atoms. The molecule has 0 atom stereocenters. The van der Waals surface area contributed by atoms with E-state index in [9.17, 15) is 0 Å². The molecule has 0 fully saturated rings. The SMILES string of the molecule is CCNc1ncc(Cl)c(NCc2sccc2Br)n1. The Kier molecular flexibility index (Phi) is 4.79. The third kappa shape index (κ3) is 3.34. The number of halogens is 2. The summed E-state index contributed by atoms with van der Waals surface area (Å²) in [7, 11) is 0. The van der Waals surface area contributed by atoms with E-state index < -0.39 is 0 Å². The van der Waals surface area contributed by atoms with E-state index >= 15 is 0 Å². The number of hydrogen-bond acceptors (Lipinski definition) is 5. The van der Waals surface area contributed by atoms with Crippen molar-refractivity contribution in [3.05, 3.63) is 32.0 Å². The number of aromatic nitrogens is 2. The van der Waals surface area contributed by atoms with E-state index in [4.69, 9.17) is 11.6 Å². The molecule has 2 aromatic rings. The van der Waals surface area contributed by atoms with Gasteiger partial charge in [0.1, 0.15) is 5.02 Å². The van der Waals surface area contributed by atoms with Crippen LogP contribution in [0.5, 0.6) is 0 Å². The maximum Gasteiger partial charge on any atom is 0.224 e. The maximum atomic E-state index is 6.05. The van der Waals surface area contributed by atoms with Gasteiger partial charge in [0.15, 0.2) is 5.82 Å². The molecule has 0 aliphatic carbocycles. The summed E-state index contributed by atoms with van der Waals surface area (Å²) in [5.41, 5.74) is 0. The lowest BCUT2D eigenvalue weighted by molar-refractivity contribution is 1.06. The molecule has 0 saturated heterocycles. The summed E-state index contributed by atoms with van der Waals surface area (Å²) in [6.45, 7) is 3.45. The molecule has 2 N–H and O–H groups in total. The molecule has 0 radical (unpaired) electrons. The minimum absolute atomic E-state index is 0.518. The van der Waals surface area contributed by atoms with E-state index in [1.54, 1.807) is 17.5 Å². The normalized spacial score (nSPS) is 10.4. The Morgan fingerprint density at radius 1 is 1.44 bits per heavy atom. The first-order valence-electron chi connectivity index (χ1n) is 5.43. The predicted octanol–water partition coefficient (Wildman–Crippen LogP) is 4.00. The minimum Gasteiger partial charge on any atom is -0.364 e. The maximum absolute atomic E-state index is 6.05. The summed E-state index contributed by atoms with van der Waals surface area (Å²) >= 11 is 11.2. The first kappa shape index (κ1) is 13.6. The van der Waals surface area contributed by atoms with Crippen molar-refractivity contribution in [3.63, 3.8) is 0 Å². The van der Waals surface area contributed by atoms with Crippen LogP contribution >= 0.6 is 38.9 Å². The van der Waals surface area contributed by atoms with E-state index in [1.807, 2.05) is 18.4 Å². The van der Waals surface area contributed by atoms with Crippen molar-refractivity contribution in [2.45, 2.75) is 13.5 Å². The van der Waals surface area contributed by atoms with Crippen molar-refractivity contribution >= 4 is 50.6 Å². The van der Waals surface area contributed by atoms with Gasteiger partial charge in [0.05, 0.1) is 12.7 Å². The Bertz CT molecular complexity index is 532. The second-order valence-electron chi connectivity index (χ2n) is 3.47. The molecule has 0 aliphatic rings. The van der Waals surface area contributed by atoms with Gasteiger partial charge < -0.3 is 10.6 Å². The average molecular weight is 348 g/mol. The molecule has 0 aromatic carbocycles. The molecule has 0 bridgehead atoms. The molecular formula is C11H12BrClN4S. The fraction of sp³-hybridized carbons (Fsp3) is 0.273. The predicted molar refractivity (Wildman–Crippen MR) is 80.6 cm³/mol. The Hall–Kier alpha value is -0.850. The Balaban J connectivity index is 2.08. The second-order valence-corrected chi connectivity index (χ2v) is 5.73. The van der Waals surface area contributed by atoms with Gasteiger partial charge in [-0.2, -0.15) is 4.98 Å². The summed E-state index contributed by atoms with van der Waals surface area (Å²) in [6, 6.07) is 2.02. The van der Waals surface area contributed by atoms with E-state index in [0.29, 0.717) is 23.3 Å². The van der Waals surface area contributed by atoms with Gasteiger partial charge in [0.2, 0.25) is 5.95 Å². The number of rotatable bonds is 5. The molecule has 0 saturated carbocycles. The zero-order valence-corrected chi connectivity index (χ0v) is 12.9. The number of nitrogens with zero attached hydrogens (tertiary/aromatic N) is 2. The van der Waals surface area contributed by atoms with E-state index in [-0.39, 0.29) is 0 Å². The lowest BCUT2D eigenvalue weighted by atomic mass is 10.4. The molecule has 18 heavy (non-hydrogen) atoms. The highest BCUT2D eigenvalue weighted by molar-refractivity contribution is 9.10. The molecule has 0 aliphatic heterocycles. The smallest absolute Gasteiger partial charge is 0.224 e. The summed E-state index contributed by atoms with van der Waals surface area (Å²) in [5.74, 6) is 1.22. The zero-order chi connectivity index (χ0) is 13.0. The van der Waals surface area contributed by atoms with Crippen LogP contribution in [0.3, 0.4) is 0 Å². The largest absolute Gasteiger partial charge is 0.364 e. The van der Waals surface area contributed by atoms with Gasteiger partial charge in [-0.1, -0.05) is 11.6 Å². The third-order valence-corrected chi connectivity index (χ3v) is 4.39. The Morgan fingerprint density at radius 3 is 2.94 bits per heavy atom. The number of anilines is 2. The monoisotopic (exact) mass is 346 g/mol. The third-order valence-electron chi connectivity index (χ3n) is 2.19. The van der Waals surface area contributed by atoms with E-state index in [0.717, 1.165) is 11.0 Å². The van der Waals surface area contributed by atoms with Crippen molar-refractivity contribution in [1.29, 1.82) is 0 Å².